The molecular formula is C14H20N4S. The van der Waals surface area contributed by atoms with Crippen LogP contribution < -0.4 is 10.2 Å². The molecule has 0 spiro atoms. The number of anilines is 1. The van der Waals surface area contributed by atoms with E-state index in [2.05, 4.69) is 41.2 Å². The van der Waals surface area contributed by atoms with Crippen LogP contribution in [0.1, 0.15) is 19.4 Å². The number of nitrogens with zero attached hydrogens (tertiary/aromatic N) is 3. The summed E-state index contributed by atoms with van der Waals surface area (Å²) in [6, 6.07) is 6.21. The van der Waals surface area contributed by atoms with Gasteiger partial charge in [0.25, 0.3) is 0 Å². The van der Waals surface area contributed by atoms with E-state index in [1.165, 1.54) is 17.4 Å². The van der Waals surface area contributed by atoms with Crippen LogP contribution in [-0.4, -0.2) is 24.5 Å². The van der Waals surface area contributed by atoms with Crippen molar-refractivity contribution in [3.8, 4) is 6.19 Å². The van der Waals surface area contributed by atoms with Crippen LogP contribution in [0.4, 0.5) is 11.4 Å². The highest BCUT2D eigenvalue weighted by molar-refractivity contribution is 8.13. The second kappa shape index (κ2) is 7.70. The maximum absolute atomic E-state index is 8.63. The number of aryl methyl sites for hydroxylation is 1. The molecule has 1 aromatic carbocycles. The highest BCUT2D eigenvalue weighted by Crippen LogP contribution is 2.25. The van der Waals surface area contributed by atoms with Gasteiger partial charge in [0.05, 0.1) is 5.69 Å². The summed E-state index contributed by atoms with van der Waals surface area (Å²) >= 11 is 1.42. The maximum Gasteiger partial charge on any atom is 0.183 e. The van der Waals surface area contributed by atoms with Crippen molar-refractivity contribution in [1.82, 2.24) is 5.32 Å². The molecule has 0 fully saturated rings. The summed E-state index contributed by atoms with van der Waals surface area (Å²) in [5, 5.41) is 11.8. The van der Waals surface area contributed by atoms with E-state index in [1.54, 1.807) is 0 Å². The topological polar surface area (TPSA) is 51.4 Å². The Kier molecular flexibility index (Phi) is 6.23. The third-order valence-corrected chi connectivity index (χ3v) is 3.47. The van der Waals surface area contributed by atoms with E-state index >= 15 is 0 Å². The third kappa shape index (κ3) is 4.18. The van der Waals surface area contributed by atoms with Crippen molar-refractivity contribution in [3.63, 3.8) is 0 Å². The summed E-state index contributed by atoms with van der Waals surface area (Å²) in [6.45, 7) is 8.31. The van der Waals surface area contributed by atoms with Gasteiger partial charge in [-0.2, -0.15) is 5.26 Å². The van der Waals surface area contributed by atoms with Gasteiger partial charge in [0.1, 0.15) is 0 Å². The SMILES string of the molecule is CCN(CC)c1ccc(N=C(NC#N)SC)c(C)c1. The smallest absolute Gasteiger partial charge is 0.183 e. The molecule has 0 radical (unpaired) electrons. The molecule has 1 aromatic rings. The fraction of sp³-hybridized carbons (Fsp3) is 0.429. The van der Waals surface area contributed by atoms with E-state index in [0.29, 0.717) is 5.17 Å². The molecule has 0 aliphatic heterocycles. The lowest BCUT2D eigenvalue weighted by molar-refractivity contribution is 0.865. The summed E-state index contributed by atoms with van der Waals surface area (Å²) in [4.78, 5) is 6.74. The van der Waals surface area contributed by atoms with Crippen molar-refractivity contribution in [3.05, 3.63) is 23.8 Å². The number of benzene rings is 1. The van der Waals surface area contributed by atoms with Crippen molar-refractivity contribution in [1.29, 1.82) is 5.26 Å². The minimum absolute atomic E-state index is 0.612. The van der Waals surface area contributed by atoms with E-state index in [0.717, 1.165) is 24.3 Å². The number of nitrogens with one attached hydrogen (secondary N) is 1. The van der Waals surface area contributed by atoms with Gasteiger partial charge in [0.15, 0.2) is 11.4 Å². The molecule has 0 saturated heterocycles. The molecule has 4 nitrogen and oxygen atoms in total. The molecule has 19 heavy (non-hydrogen) atoms. The standard InChI is InChI=1S/C14H20N4S/c1-5-18(6-2)12-7-8-13(11(3)9-12)17-14(19-4)16-10-15/h7-9H,5-6H2,1-4H3,(H,16,17). The highest BCUT2D eigenvalue weighted by Gasteiger charge is 2.05. The van der Waals surface area contributed by atoms with Crippen LogP contribution in [0.3, 0.4) is 0 Å². The van der Waals surface area contributed by atoms with E-state index in [1.807, 2.05) is 25.4 Å². The van der Waals surface area contributed by atoms with E-state index in [-0.39, 0.29) is 0 Å². The molecule has 0 heterocycles. The number of nitriles is 1. The average molecular weight is 276 g/mol. The second-order valence-electron chi connectivity index (χ2n) is 4.00. The van der Waals surface area contributed by atoms with Crippen LogP contribution in [0.2, 0.25) is 0 Å². The number of aliphatic imine (C=N–C) groups is 1. The average Bonchev–Trinajstić information content (AvgIpc) is 2.42. The lowest BCUT2D eigenvalue weighted by Crippen LogP contribution is -2.21. The summed E-state index contributed by atoms with van der Waals surface area (Å²) in [5.41, 5.74) is 3.21. The molecule has 0 unspecified atom stereocenters. The van der Waals surface area contributed by atoms with Crippen molar-refractivity contribution >= 4 is 28.3 Å². The minimum atomic E-state index is 0.612. The molecule has 0 atom stereocenters. The Morgan fingerprint density at radius 3 is 2.58 bits per heavy atom. The van der Waals surface area contributed by atoms with Crippen molar-refractivity contribution in [2.45, 2.75) is 20.8 Å². The molecule has 0 aliphatic carbocycles. The molecule has 1 rings (SSSR count). The normalized spacial score (nSPS) is 11.0. The van der Waals surface area contributed by atoms with Gasteiger partial charge in [0, 0.05) is 18.8 Å². The van der Waals surface area contributed by atoms with Crippen LogP contribution >= 0.6 is 11.8 Å². The van der Waals surface area contributed by atoms with Gasteiger partial charge in [-0.05, 0) is 50.8 Å². The summed E-state index contributed by atoms with van der Waals surface area (Å²) < 4.78 is 0. The van der Waals surface area contributed by atoms with Gasteiger partial charge in [-0.15, -0.1) is 0 Å². The molecule has 5 heteroatoms. The molecular weight excluding hydrogens is 256 g/mol. The van der Waals surface area contributed by atoms with E-state index < -0.39 is 0 Å². The van der Waals surface area contributed by atoms with Gasteiger partial charge in [-0.25, -0.2) is 4.99 Å². The Labute approximate surface area is 119 Å². The summed E-state index contributed by atoms with van der Waals surface area (Å²) in [5.74, 6) is 0. The molecule has 1 N–H and O–H groups in total. The van der Waals surface area contributed by atoms with Gasteiger partial charge >= 0.3 is 0 Å². The Morgan fingerprint density at radius 1 is 1.42 bits per heavy atom. The van der Waals surface area contributed by atoms with Crippen LogP contribution in [0.25, 0.3) is 0 Å². The first kappa shape index (κ1) is 15.4. The zero-order valence-corrected chi connectivity index (χ0v) is 12.7. The first-order chi connectivity index (χ1) is 9.15. The highest BCUT2D eigenvalue weighted by atomic mass is 32.2. The molecule has 0 amide bonds. The first-order valence-corrected chi connectivity index (χ1v) is 7.52. The van der Waals surface area contributed by atoms with Gasteiger partial charge in [-0.3, -0.25) is 5.32 Å². The largest absolute Gasteiger partial charge is 0.372 e. The van der Waals surface area contributed by atoms with E-state index in [9.17, 15) is 0 Å². The number of rotatable bonds is 4. The predicted molar refractivity (Wildman–Crippen MR) is 84.1 cm³/mol. The van der Waals surface area contributed by atoms with Crippen molar-refractivity contribution in [2.75, 3.05) is 24.2 Å². The molecule has 0 aromatic heterocycles. The fourth-order valence-electron chi connectivity index (χ4n) is 1.83. The van der Waals surface area contributed by atoms with Gasteiger partial charge < -0.3 is 4.90 Å². The second-order valence-corrected chi connectivity index (χ2v) is 4.80. The Balaban J connectivity index is 3.04. The van der Waals surface area contributed by atoms with Crippen LogP contribution in [0.15, 0.2) is 23.2 Å². The lowest BCUT2D eigenvalue weighted by Gasteiger charge is -2.21. The predicted octanol–water partition coefficient (Wildman–Crippen LogP) is 3.26. The van der Waals surface area contributed by atoms with Crippen LogP contribution in [0, 0.1) is 18.4 Å². The quantitative estimate of drug-likeness (QED) is 0.397. The Bertz CT molecular complexity index is 487. The number of thioether (sulfide) groups is 1. The monoisotopic (exact) mass is 276 g/mol. The van der Waals surface area contributed by atoms with Crippen molar-refractivity contribution < 1.29 is 0 Å². The van der Waals surface area contributed by atoms with E-state index in [4.69, 9.17) is 5.26 Å². The maximum atomic E-state index is 8.63. The van der Waals surface area contributed by atoms with Crippen LogP contribution in [-0.2, 0) is 0 Å². The zero-order valence-electron chi connectivity index (χ0n) is 11.9. The third-order valence-electron chi connectivity index (χ3n) is 2.89. The number of amidine groups is 1. The van der Waals surface area contributed by atoms with Crippen LogP contribution in [0.5, 0.6) is 0 Å². The van der Waals surface area contributed by atoms with Crippen molar-refractivity contribution in [2.24, 2.45) is 4.99 Å². The molecule has 0 aliphatic rings. The first-order valence-electron chi connectivity index (χ1n) is 6.29. The molecule has 0 saturated carbocycles. The van der Waals surface area contributed by atoms with Gasteiger partial charge in [-0.1, -0.05) is 11.8 Å². The number of hydrogen-bond donors (Lipinski definition) is 1. The zero-order chi connectivity index (χ0) is 14.3. The fourth-order valence-corrected chi connectivity index (χ4v) is 2.17. The summed E-state index contributed by atoms with van der Waals surface area (Å²) in [6.07, 6.45) is 3.79. The Morgan fingerprint density at radius 2 is 2.11 bits per heavy atom. The lowest BCUT2D eigenvalue weighted by atomic mass is 10.1. The Hall–Kier alpha value is -1.67. The molecule has 102 valence electrons. The number of hydrogen-bond acceptors (Lipinski definition) is 4. The molecule has 0 bridgehead atoms. The van der Waals surface area contributed by atoms with Gasteiger partial charge in [0.2, 0.25) is 0 Å². The minimum Gasteiger partial charge on any atom is -0.372 e. The summed E-state index contributed by atoms with van der Waals surface area (Å²) in [7, 11) is 0.